The molecular formula is C17H26BrNO. The Kier molecular flexibility index (Phi) is 7.45. The first-order valence-corrected chi connectivity index (χ1v) is 8.75. The number of nitrogens with zero attached hydrogens (tertiary/aromatic N) is 1. The third kappa shape index (κ3) is 5.84. The minimum absolute atomic E-state index is 0.826. The number of para-hydroxylation sites is 1. The molecule has 2 rings (SSSR count). The molecule has 1 aliphatic heterocycles. The number of rotatable bonds is 8. The van der Waals surface area contributed by atoms with Crippen LogP contribution in [-0.2, 0) is 0 Å². The van der Waals surface area contributed by atoms with Crippen molar-refractivity contribution in [2.45, 2.75) is 44.9 Å². The average molecular weight is 340 g/mol. The Labute approximate surface area is 131 Å². The van der Waals surface area contributed by atoms with Crippen molar-refractivity contribution in [3.05, 3.63) is 28.7 Å². The maximum absolute atomic E-state index is 5.78. The Morgan fingerprint density at radius 2 is 1.70 bits per heavy atom. The molecule has 0 radical (unpaired) electrons. The first-order chi connectivity index (χ1) is 9.86. The molecular weight excluding hydrogens is 314 g/mol. The molecule has 0 N–H and O–H groups in total. The van der Waals surface area contributed by atoms with Gasteiger partial charge in [0.1, 0.15) is 5.75 Å². The lowest BCUT2D eigenvalue weighted by atomic mass is 10.1. The SMILES string of the molecule is Brc1ccccc1OCCCCCCN1CCCCC1. The van der Waals surface area contributed by atoms with Crippen molar-refractivity contribution in [1.82, 2.24) is 4.90 Å². The number of unbranched alkanes of at least 4 members (excludes halogenated alkanes) is 3. The van der Waals surface area contributed by atoms with E-state index >= 15 is 0 Å². The molecule has 1 fully saturated rings. The molecule has 0 atom stereocenters. The fourth-order valence-corrected chi connectivity index (χ4v) is 3.12. The molecule has 1 heterocycles. The zero-order chi connectivity index (χ0) is 14.0. The van der Waals surface area contributed by atoms with Crippen molar-refractivity contribution in [2.75, 3.05) is 26.2 Å². The van der Waals surface area contributed by atoms with Crippen LogP contribution in [0.5, 0.6) is 5.75 Å². The van der Waals surface area contributed by atoms with Gasteiger partial charge in [0.15, 0.2) is 0 Å². The number of hydrogen-bond donors (Lipinski definition) is 0. The highest BCUT2D eigenvalue weighted by atomic mass is 79.9. The number of hydrogen-bond acceptors (Lipinski definition) is 2. The fourth-order valence-electron chi connectivity index (χ4n) is 2.72. The van der Waals surface area contributed by atoms with Gasteiger partial charge in [-0.3, -0.25) is 0 Å². The highest BCUT2D eigenvalue weighted by molar-refractivity contribution is 9.10. The normalized spacial score (nSPS) is 16.2. The molecule has 1 aliphatic rings. The predicted molar refractivity (Wildman–Crippen MR) is 88.4 cm³/mol. The highest BCUT2D eigenvalue weighted by Crippen LogP contribution is 2.23. The van der Waals surface area contributed by atoms with Gasteiger partial charge >= 0.3 is 0 Å². The summed E-state index contributed by atoms with van der Waals surface area (Å²) in [4.78, 5) is 2.63. The summed E-state index contributed by atoms with van der Waals surface area (Å²) in [5, 5.41) is 0. The largest absolute Gasteiger partial charge is 0.492 e. The van der Waals surface area contributed by atoms with Crippen molar-refractivity contribution in [2.24, 2.45) is 0 Å². The molecule has 3 heteroatoms. The third-order valence-electron chi connectivity index (χ3n) is 3.91. The van der Waals surface area contributed by atoms with E-state index in [9.17, 15) is 0 Å². The van der Waals surface area contributed by atoms with Gasteiger partial charge in [-0.1, -0.05) is 31.4 Å². The van der Waals surface area contributed by atoms with Crippen LogP contribution in [0.1, 0.15) is 44.9 Å². The lowest BCUT2D eigenvalue weighted by molar-refractivity contribution is 0.223. The molecule has 0 aliphatic carbocycles. The number of halogens is 1. The van der Waals surface area contributed by atoms with Gasteiger partial charge in [0.05, 0.1) is 11.1 Å². The molecule has 1 aromatic rings. The molecule has 0 aromatic heterocycles. The molecule has 2 nitrogen and oxygen atoms in total. The summed E-state index contributed by atoms with van der Waals surface area (Å²) in [5.74, 6) is 0.959. The van der Waals surface area contributed by atoms with E-state index in [1.165, 1.54) is 58.2 Å². The van der Waals surface area contributed by atoms with E-state index in [0.717, 1.165) is 23.2 Å². The summed E-state index contributed by atoms with van der Waals surface area (Å²) in [5.41, 5.74) is 0. The quantitative estimate of drug-likeness (QED) is 0.626. The minimum Gasteiger partial charge on any atom is -0.492 e. The number of piperidine rings is 1. The van der Waals surface area contributed by atoms with Crippen LogP contribution in [-0.4, -0.2) is 31.1 Å². The Bertz CT molecular complexity index is 377. The summed E-state index contributed by atoms with van der Waals surface area (Å²) in [7, 11) is 0. The van der Waals surface area contributed by atoms with Gasteiger partial charge in [0, 0.05) is 0 Å². The zero-order valence-electron chi connectivity index (χ0n) is 12.3. The maximum atomic E-state index is 5.78. The maximum Gasteiger partial charge on any atom is 0.133 e. The van der Waals surface area contributed by atoms with Gasteiger partial charge in [-0.2, -0.15) is 0 Å². The van der Waals surface area contributed by atoms with Crippen LogP contribution in [0.15, 0.2) is 28.7 Å². The van der Waals surface area contributed by atoms with E-state index in [4.69, 9.17) is 4.74 Å². The topological polar surface area (TPSA) is 12.5 Å². The van der Waals surface area contributed by atoms with Gasteiger partial charge < -0.3 is 9.64 Å². The molecule has 0 spiro atoms. The van der Waals surface area contributed by atoms with Crippen molar-refractivity contribution >= 4 is 15.9 Å². The van der Waals surface area contributed by atoms with Crippen molar-refractivity contribution in [3.8, 4) is 5.75 Å². The summed E-state index contributed by atoms with van der Waals surface area (Å²) >= 11 is 3.50. The molecule has 0 unspecified atom stereocenters. The molecule has 20 heavy (non-hydrogen) atoms. The monoisotopic (exact) mass is 339 g/mol. The van der Waals surface area contributed by atoms with Gasteiger partial charge in [-0.15, -0.1) is 0 Å². The smallest absolute Gasteiger partial charge is 0.133 e. The zero-order valence-corrected chi connectivity index (χ0v) is 13.9. The number of ether oxygens (including phenoxy) is 1. The first kappa shape index (κ1) is 15.8. The van der Waals surface area contributed by atoms with E-state index in [-0.39, 0.29) is 0 Å². The Morgan fingerprint density at radius 3 is 2.50 bits per heavy atom. The summed E-state index contributed by atoms with van der Waals surface area (Å²) in [6, 6.07) is 8.06. The molecule has 1 aromatic carbocycles. The molecule has 0 amide bonds. The minimum atomic E-state index is 0.826. The van der Waals surface area contributed by atoms with Crippen LogP contribution >= 0.6 is 15.9 Å². The second-order valence-electron chi connectivity index (χ2n) is 5.60. The summed E-state index contributed by atoms with van der Waals surface area (Å²) in [6.45, 7) is 4.77. The van der Waals surface area contributed by atoms with Crippen molar-refractivity contribution in [1.29, 1.82) is 0 Å². The van der Waals surface area contributed by atoms with Crippen LogP contribution in [0, 0.1) is 0 Å². The third-order valence-corrected chi connectivity index (χ3v) is 4.57. The molecule has 1 saturated heterocycles. The van der Waals surface area contributed by atoms with E-state index in [2.05, 4.69) is 20.8 Å². The van der Waals surface area contributed by atoms with Gasteiger partial charge in [-0.05, 0) is 73.4 Å². The van der Waals surface area contributed by atoms with Crippen LogP contribution in [0.25, 0.3) is 0 Å². The molecule has 0 saturated carbocycles. The average Bonchev–Trinajstić information content (AvgIpc) is 2.49. The summed E-state index contributed by atoms with van der Waals surface area (Å²) in [6.07, 6.45) is 9.34. The van der Waals surface area contributed by atoms with Gasteiger partial charge in [-0.25, -0.2) is 0 Å². The van der Waals surface area contributed by atoms with Gasteiger partial charge in [0.2, 0.25) is 0 Å². The molecule has 112 valence electrons. The second-order valence-corrected chi connectivity index (χ2v) is 6.45. The summed E-state index contributed by atoms with van der Waals surface area (Å²) < 4.78 is 6.82. The van der Waals surface area contributed by atoms with Gasteiger partial charge in [0.25, 0.3) is 0 Å². The van der Waals surface area contributed by atoms with Crippen LogP contribution in [0.4, 0.5) is 0 Å². The Morgan fingerprint density at radius 1 is 0.950 bits per heavy atom. The van der Waals surface area contributed by atoms with E-state index in [0.29, 0.717) is 0 Å². The number of likely N-dealkylation sites (tertiary alicyclic amines) is 1. The lowest BCUT2D eigenvalue weighted by Gasteiger charge is -2.26. The lowest BCUT2D eigenvalue weighted by Crippen LogP contribution is -2.30. The van der Waals surface area contributed by atoms with E-state index in [1.807, 2.05) is 24.3 Å². The number of benzene rings is 1. The standard InChI is InChI=1S/C17H26BrNO/c18-16-10-4-5-11-17(16)20-15-9-2-1-6-12-19-13-7-3-8-14-19/h4-5,10-11H,1-3,6-9,12-15H2. The predicted octanol–water partition coefficient (Wildman–Crippen LogP) is 4.87. The fraction of sp³-hybridized carbons (Fsp3) is 0.647. The van der Waals surface area contributed by atoms with Crippen LogP contribution < -0.4 is 4.74 Å². The van der Waals surface area contributed by atoms with Crippen LogP contribution in [0.2, 0.25) is 0 Å². The van der Waals surface area contributed by atoms with E-state index < -0.39 is 0 Å². The van der Waals surface area contributed by atoms with Crippen molar-refractivity contribution in [3.63, 3.8) is 0 Å². The van der Waals surface area contributed by atoms with Crippen LogP contribution in [0.3, 0.4) is 0 Å². The van der Waals surface area contributed by atoms with E-state index in [1.54, 1.807) is 0 Å². The Balaban J connectivity index is 1.46. The second kappa shape index (κ2) is 9.41. The van der Waals surface area contributed by atoms with Crippen molar-refractivity contribution < 1.29 is 4.74 Å². The molecule has 0 bridgehead atoms. The first-order valence-electron chi connectivity index (χ1n) is 7.96. The Hall–Kier alpha value is -0.540. The highest BCUT2D eigenvalue weighted by Gasteiger charge is 2.08.